The van der Waals surface area contributed by atoms with Gasteiger partial charge in [-0.25, -0.2) is 8.42 Å². The van der Waals surface area contributed by atoms with Gasteiger partial charge in [0.05, 0.1) is 16.2 Å². The quantitative estimate of drug-likeness (QED) is 0.480. The maximum absolute atomic E-state index is 12.7. The second kappa shape index (κ2) is 12.1. The van der Waals surface area contributed by atoms with E-state index in [0.717, 1.165) is 44.3 Å². The molecule has 0 aliphatic carbocycles. The normalized spacial score (nSPS) is 11.9. The van der Waals surface area contributed by atoms with Crippen LogP contribution in [0.4, 0.5) is 0 Å². The summed E-state index contributed by atoms with van der Waals surface area (Å²) in [5.74, 6) is 0.202. The summed E-state index contributed by atoms with van der Waals surface area (Å²) in [6.07, 6.45) is 10.3. The summed E-state index contributed by atoms with van der Waals surface area (Å²) >= 11 is 0. The third-order valence-electron chi connectivity index (χ3n) is 4.76. The van der Waals surface area contributed by atoms with Crippen LogP contribution in [-0.4, -0.2) is 38.8 Å². The van der Waals surface area contributed by atoms with Crippen LogP contribution in [0, 0.1) is 0 Å². The van der Waals surface area contributed by atoms with Crippen molar-refractivity contribution in [3.05, 3.63) is 36.5 Å². The minimum Gasteiger partial charge on any atom is -0.330 e. The van der Waals surface area contributed by atoms with E-state index in [1.807, 2.05) is 18.2 Å². The minimum absolute atomic E-state index is 0.202. The van der Waals surface area contributed by atoms with Gasteiger partial charge in [-0.3, -0.25) is 4.98 Å². The highest BCUT2D eigenvalue weighted by molar-refractivity contribution is 7.91. The highest BCUT2D eigenvalue weighted by Crippen LogP contribution is 2.22. The molecule has 1 aromatic heterocycles. The number of benzene rings is 1. The van der Waals surface area contributed by atoms with Gasteiger partial charge in [0.25, 0.3) is 0 Å². The molecule has 0 unspecified atom stereocenters. The van der Waals surface area contributed by atoms with Gasteiger partial charge in [0.1, 0.15) is 0 Å². The second-order valence-electron chi connectivity index (χ2n) is 7.02. The fourth-order valence-electron chi connectivity index (χ4n) is 3.22. The van der Waals surface area contributed by atoms with E-state index in [2.05, 4.69) is 10.3 Å². The molecule has 0 bridgehead atoms. The van der Waals surface area contributed by atoms with E-state index in [0.29, 0.717) is 16.8 Å². The van der Waals surface area contributed by atoms with Crippen LogP contribution in [0.25, 0.3) is 10.9 Å². The molecule has 1 heterocycles. The molecule has 0 aliphatic rings. The number of fused-ring (bicyclic) bond motifs is 1. The number of nitrogens with zero attached hydrogens (tertiary/aromatic N) is 1. The topological polar surface area (TPSA) is 85.1 Å². The average Bonchev–Trinajstić information content (AvgIpc) is 2.68. The molecule has 3 N–H and O–H groups in total. The summed E-state index contributed by atoms with van der Waals surface area (Å²) in [6.45, 7) is 2.83. The van der Waals surface area contributed by atoms with Gasteiger partial charge < -0.3 is 11.1 Å². The fourth-order valence-corrected chi connectivity index (χ4v) is 4.77. The lowest BCUT2D eigenvalue weighted by molar-refractivity contribution is 0.555. The Morgan fingerprint density at radius 2 is 1.52 bits per heavy atom. The first-order chi connectivity index (χ1) is 13.1. The van der Waals surface area contributed by atoms with Crippen molar-refractivity contribution in [1.82, 2.24) is 10.3 Å². The van der Waals surface area contributed by atoms with Crippen molar-refractivity contribution in [2.24, 2.45) is 5.73 Å². The molecule has 0 amide bonds. The third-order valence-corrected chi connectivity index (χ3v) is 6.58. The number of nitrogens with two attached hydrogens (primary N) is 1. The van der Waals surface area contributed by atoms with Crippen molar-refractivity contribution in [1.29, 1.82) is 0 Å². The third kappa shape index (κ3) is 7.56. The first-order valence-corrected chi connectivity index (χ1v) is 11.8. The average molecular weight is 392 g/mol. The smallest absolute Gasteiger partial charge is 0.180 e. The van der Waals surface area contributed by atoms with E-state index in [1.54, 1.807) is 18.3 Å². The minimum atomic E-state index is -3.28. The van der Waals surface area contributed by atoms with E-state index in [4.69, 9.17) is 5.73 Å². The molecule has 2 aromatic rings. The predicted molar refractivity (Wildman–Crippen MR) is 113 cm³/mol. The number of hydrogen-bond donors (Lipinski definition) is 2. The van der Waals surface area contributed by atoms with Crippen molar-refractivity contribution in [3.63, 3.8) is 0 Å². The van der Waals surface area contributed by atoms with Gasteiger partial charge in [-0.1, -0.05) is 50.3 Å². The summed E-state index contributed by atoms with van der Waals surface area (Å²) in [7, 11) is -3.28. The van der Waals surface area contributed by atoms with Crippen LogP contribution in [0.15, 0.2) is 41.4 Å². The van der Waals surface area contributed by atoms with E-state index in [9.17, 15) is 8.42 Å². The Morgan fingerprint density at radius 1 is 0.852 bits per heavy atom. The van der Waals surface area contributed by atoms with Crippen LogP contribution in [0.3, 0.4) is 0 Å². The zero-order valence-electron chi connectivity index (χ0n) is 16.2. The largest absolute Gasteiger partial charge is 0.330 e. The standard InChI is InChI=1S/C21H33N3O2S/c22-14-10-16-23-15-6-4-2-1-3-5-7-18-27(25,26)20-13-8-11-19-12-9-17-24-21(19)20/h8-9,11-13,17,23H,1-7,10,14-16,18,22H2. The van der Waals surface area contributed by atoms with Crippen LogP contribution in [0.5, 0.6) is 0 Å². The van der Waals surface area contributed by atoms with Crippen molar-refractivity contribution < 1.29 is 8.42 Å². The number of hydrogen-bond acceptors (Lipinski definition) is 5. The number of rotatable bonds is 14. The molecular formula is C21H33N3O2S. The van der Waals surface area contributed by atoms with Gasteiger partial charge in [0.15, 0.2) is 9.84 Å². The Hall–Kier alpha value is -1.50. The van der Waals surface area contributed by atoms with Crippen LogP contribution < -0.4 is 11.1 Å². The maximum Gasteiger partial charge on any atom is 0.180 e. The lowest BCUT2D eigenvalue weighted by Crippen LogP contribution is -2.19. The lowest BCUT2D eigenvalue weighted by atomic mass is 10.1. The number of aromatic nitrogens is 1. The van der Waals surface area contributed by atoms with Gasteiger partial charge in [-0.2, -0.15) is 0 Å². The Morgan fingerprint density at radius 3 is 2.30 bits per heavy atom. The van der Waals surface area contributed by atoms with Crippen molar-refractivity contribution >= 4 is 20.7 Å². The number of sulfone groups is 1. The van der Waals surface area contributed by atoms with E-state index >= 15 is 0 Å². The summed E-state index contributed by atoms with van der Waals surface area (Å²) in [5.41, 5.74) is 6.04. The summed E-state index contributed by atoms with van der Waals surface area (Å²) in [5, 5.41) is 4.26. The monoisotopic (exact) mass is 391 g/mol. The Kier molecular flexibility index (Phi) is 9.73. The molecule has 150 valence electrons. The molecule has 0 atom stereocenters. The SMILES string of the molecule is NCCCNCCCCCCCCCS(=O)(=O)c1cccc2cccnc12. The first-order valence-electron chi connectivity index (χ1n) is 10.1. The zero-order valence-corrected chi connectivity index (χ0v) is 17.0. The van der Waals surface area contributed by atoms with Crippen LogP contribution >= 0.6 is 0 Å². The molecule has 2 rings (SSSR count). The van der Waals surface area contributed by atoms with Crippen LogP contribution in [0.1, 0.15) is 51.4 Å². The van der Waals surface area contributed by atoms with Gasteiger partial charge in [0, 0.05) is 11.6 Å². The molecule has 0 saturated heterocycles. The highest BCUT2D eigenvalue weighted by atomic mass is 32.2. The summed E-state index contributed by atoms with van der Waals surface area (Å²) in [6, 6.07) is 9.09. The van der Waals surface area contributed by atoms with Crippen LogP contribution in [-0.2, 0) is 9.84 Å². The molecule has 0 fully saturated rings. The molecule has 5 nitrogen and oxygen atoms in total. The highest BCUT2D eigenvalue weighted by Gasteiger charge is 2.17. The van der Waals surface area contributed by atoms with Gasteiger partial charge in [0.2, 0.25) is 0 Å². The maximum atomic E-state index is 12.7. The van der Waals surface area contributed by atoms with E-state index in [-0.39, 0.29) is 5.75 Å². The number of pyridine rings is 1. The molecule has 0 aliphatic heterocycles. The van der Waals surface area contributed by atoms with E-state index < -0.39 is 9.84 Å². The second-order valence-corrected chi connectivity index (χ2v) is 9.09. The first kappa shape index (κ1) is 21.8. The molecular weight excluding hydrogens is 358 g/mol. The molecule has 0 radical (unpaired) electrons. The predicted octanol–water partition coefficient (Wildman–Crippen LogP) is 3.68. The number of para-hydroxylation sites is 1. The van der Waals surface area contributed by atoms with Gasteiger partial charge in [-0.05, 0) is 51.0 Å². The number of nitrogens with one attached hydrogen (secondary N) is 1. The van der Waals surface area contributed by atoms with Crippen molar-refractivity contribution in [3.8, 4) is 0 Å². The van der Waals surface area contributed by atoms with Gasteiger partial charge in [-0.15, -0.1) is 0 Å². The summed E-state index contributed by atoms with van der Waals surface area (Å²) in [4.78, 5) is 4.63. The van der Waals surface area contributed by atoms with Crippen molar-refractivity contribution in [2.45, 2.75) is 56.3 Å². The molecule has 6 heteroatoms. The number of unbranched alkanes of at least 4 members (excludes halogenated alkanes) is 6. The Bertz CT molecular complexity index is 773. The van der Waals surface area contributed by atoms with Crippen LogP contribution in [0.2, 0.25) is 0 Å². The molecule has 0 saturated carbocycles. The summed E-state index contributed by atoms with van der Waals surface area (Å²) < 4.78 is 25.3. The van der Waals surface area contributed by atoms with Gasteiger partial charge >= 0.3 is 0 Å². The zero-order chi connectivity index (χ0) is 19.4. The van der Waals surface area contributed by atoms with Crippen molar-refractivity contribution in [2.75, 3.05) is 25.4 Å². The molecule has 1 aromatic carbocycles. The molecule has 27 heavy (non-hydrogen) atoms. The fraction of sp³-hybridized carbons (Fsp3) is 0.571. The Labute approximate surface area is 163 Å². The lowest BCUT2D eigenvalue weighted by Gasteiger charge is -2.07. The Balaban J connectivity index is 1.62. The molecule has 0 spiro atoms. The van der Waals surface area contributed by atoms with E-state index in [1.165, 1.54) is 25.7 Å².